The minimum Gasteiger partial charge on any atom is -0.354 e. The van der Waals surface area contributed by atoms with Crippen LogP contribution in [-0.2, 0) is 6.54 Å². The Balaban J connectivity index is 1.55. The topological polar surface area (TPSA) is 32.3 Å². The van der Waals surface area contributed by atoms with Crippen LogP contribution in [0.25, 0.3) is 0 Å². The molecular formula is C15H17FN4. The Labute approximate surface area is 117 Å². The summed E-state index contributed by atoms with van der Waals surface area (Å²) in [5.74, 6) is 0.562. The highest BCUT2D eigenvalue weighted by Crippen LogP contribution is 2.14. The van der Waals surface area contributed by atoms with E-state index in [-0.39, 0.29) is 5.82 Å². The van der Waals surface area contributed by atoms with Gasteiger partial charge >= 0.3 is 0 Å². The summed E-state index contributed by atoms with van der Waals surface area (Å²) in [6.07, 6.45) is 3.10. The summed E-state index contributed by atoms with van der Waals surface area (Å²) in [5.41, 5.74) is 1.10. The molecule has 20 heavy (non-hydrogen) atoms. The number of piperazine rings is 1. The van der Waals surface area contributed by atoms with Crippen molar-refractivity contribution in [3.63, 3.8) is 0 Å². The third-order valence-electron chi connectivity index (χ3n) is 3.52. The first kappa shape index (κ1) is 13.0. The zero-order valence-corrected chi connectivity index (χ0v) is 11.2. The van der Waals surface area contributed by atoms with Crippen molar-refractivity contribution < 1.29 is 4.39 Å². The SMILES string of the molecule is Fc1ccc(N2CCN(Cc3ccccn3)CC2)nc1. The van der Waals surface area contributed by atoms with Crippen molar-refractivity contribution in [3.05, 3.63) is 54.2 Å². The van der Waals surface area contributed by atoms with E-state index in [1.54, 1.807) is 6.07 Å². The number of pyridine rings is 2. The van der Waals surface area contributed by atoms with Gasteiger partial charge in [-0.2, -0.15) is 0 Å². The Bertz CT molecular complexity index is 536. The van der Waals surface area contributed by atoms with Crippen molar-refractivity contribution in [2.45, 2.75) is 6.54 Å². The largest absolute Gasteiger partial charge is 0.354 e. The molecule has 2 aromatic heterocycles. The third-order valence-corrected chi connectivity index (χ3v) is 3.52. The van der Waals surface area contributed by atoms with Crippen LogP contribution < -0.4 is 4.90 Å². The molecule has 0 aliphatic carbocycles. The number of hydrogen-bond acceptors (Lipinski definition) is 4. The maximum atomic E-state index is 12.9. The van der Waals surface area contributed by atoms with E-state index in [0.29, 0.717) is 0 Å². The minimum absolute atomic E-state index is 0.289. The van der Waals surface area contributed by atoms with E-state index >= 15 is 0 Å². The number of nitrogens with zero attached hydrogens (tertiary/aromatic N) is 4. The monoisotopic (exact) mass is 272 g/mol. The Morgan fingerprint density at radius 2 is 1.85 bits per heavy atom. The molecule has 104 valence electrons. The van der Waals surface area contributed by atoms with Crippen LogP contribution in [0.15, 0.2) is 42.7 Å². The molecule has 0 saturated carbocycles. The smallest absolute Gasteiger partial charge is 0.141 e. The highest BCUT2D eigenvalue weighted by atomic mass is 19.1. The minimum atomic E-state index is -0.289. The average molecular weight is 272 g/mol. The van der Waals surface area contributed by atoms with Gasteiger partial charge in [0.1, 0.15) is 11.6 Å². The maximum Gasteiger partial charge on any atom is 0.141 e. The zero-order valence-electron chi connectivity index (χ0n) is 11.2. The van der Waals surface area contributed by atoms with Crippen molar-refractivity contribution in [3.8, 4) is 0 Å². The summed E-state index contributed by atoms with van der Waals surface area (Å²) in [5, 5.41) is 0. The number of hydrogen-bond donors (Lipinski definition) is 0. The molecule has 0 amide bonds. The van der Waals surface area contributed by atoms with E-state index in [9.17, 15) is 4.39 Å². The summed E-state index contributed by atoms with van der Waals surface area (Å²) in [4.78, 5) is 13.0. The molecule has 1 saturated heterocycles. The number of halogens is 1. The van der Waals surface area contributed by atoms with Gasteiger partial charge in [0.15, 0.2) is 0 Å². The van der Waals surface area contributed by atoms with Gasteiger partial charge in [-0.3, -0.25) is 9.88 Å². The van der Waals surface area contributed by atoms with Crippen molar-refractivity contribution in [1.82, 2.24) is 14.9 Å². The Morgan fingerprint density at radius 1 is 1.00 bits per heavy atom. The first-order chi connectivity index (χ1) is 9.81. The van der Waals surface area contributed by atoms with Crippen molar-refractivity contribution in [2.24, 2.45) is 0 Å². The highest BCUT2D eigenvalue weighted by molar-refractivity contribution is 5.38. The van der Waals surface area contributed by atoms with Crippen LogP contribution in [0.1, 0.15) is 5.69 Å². The fourth-order valence-electron chi connectivity index (χ4n) is 2.41. The van der Waals surface area contributed by atoms with E-state index in [1.807, 2.05) is 24.4 Å². The second-order valence-electron chi connectivity index (χ2n) is 4.92. The fraction of sp³-hybridized carbons (Fsp3) is 0.333. The van der Waals surface area contributed by atoms with Crippen LogP contribution in [0.2, 0.25) is 0 Å². The molecule has 3 rings (SSSR count). The van der Waals surface area contributed by atoms with Gasteiger partial charge < -0.3 is 4.90 Å². The molecule has 0 atom stereocenters. The Kier molecular flexibility index (Phi) is 3.87. The highest BCUT2D eigenvalue weighted by Gasteiger charge is 2.18. The van der Waals surface area contributed by atoms with Gasteiger partial charge in [0, 0.05) is 38.9 Å². The van der Waals surface area contributed by atoms with Gasteiger partial charge in [0.2, 0.25) is 0 Å². The van der Waals surface area contributed by atoms with Gasteiger partial charge in [-0.25, -0.2) is 9.37 Å². The molecule has 1 aliphatic heterocycles. The lowest BCUT2D eigenvalue weighted by Gasteiger charge is -2.35. The summed E-state index contributed by atoms with van der Waals surface area (Å²) in [7, 11) is 0. The lowest BCUT2D eigenvalue weighted by molar-refractivity contribution is 0.246. The van der Waals surface area contributed by atoms with Crippen LogP contribution in [0, 0.1) is 5.82 Å². The van der Waals surface area contributed by atoms with Crippen molar-refractivity contribution in [2.75, 3.05) is 31.1 Å². The zero-order chi connectivity index (χ0) is 13.8. The molecule has 1 aliphatic rings. The molecule has 0 N–H and O–H groups in total. The molecule has 5 heteroatoms. The summed E-state index contributed by atoms with van der Waals surface area (Å²) < 4.78 is 12.9. The molecule has 0 aromatic carbocycles. The van der Waals surface area contributed by atoms with Crippen LogP contribution in [0.4, 0.5) is 10.2 Å². The summed E-state index contributed by atoms with van der Waals surface area (Å²) in [6.45, 7) is 4.63. The van der Waals surface area contributed by atoms with Gasteiger partial charge in [-0.05, 0) is 24.3 Å². The second-order valence-corrected chi connectivity index (χ2v) is 4.92. The molecule has 0 bridgehead atoms. The predicted molar refractivity (Wildman–Crippen MR) is 75.9 cm³/mol. The molecule has 2 aromatic rings. The van der Waals surface area contributed by atoms with Gasteiger partial charge in [-0.15, -0.1) is 0 Å². The normalized spacial score (nSPS) is 16.4. The number of rotatable bonds is 3. The van der Waals surface area contributed by atoms with Crippen LogP contribution in [0.5, 0.6) is 0 Å². The average Bonchev–Trinajstić information content (AvgIpc) is 2.50. The van der Waals surface area contributed by atoms with E-state index in [1.165, 1.54) is 12.3 Å². The van der Waals surface area contributed by atoms with Crippen molar-refractivity contribution >= 4 is 5.82 Å². The van der Waals surface area contributed by atoms with Gasteiger partial charge in [0.05, 0.1) is 11.9 Å². The molecule has 1 fully saturated rings. The summed E-state index contributed by atoms with van der Waals surface area (Å²) >= 11 is 0. The van der Waals surface area contributed by atoms with Gasteiger partial charge in [-0.1, -0.05) is 6.07 Å². The molecule has 4 nitrogen and oxygen atoms in total. The fourth-order valence-corrected chi connectivity index (χ4v) is 2.41. The molecule has 0 radical (unpaired) electrons. The Morgan fingerprint density at radius 3 is 2.50 bits per heavy atom. The quantitative estimate of drug-likeness (QED) is 0.854. The van der Waals surface area contributed by atoms with E-state index < -0.39 is 0 Å². The molecule has 0 unspecified atom stereocenters. The predicted octanol–water partition coefficient (Wildman–Crippen LogP) is 1.94. The first-order valence-electron chi connectivity index (χ1n) is 6.80. The van der Waals surface area contributed by atoms with Gasteiger partial charge in [0.25, 0.3) is 0 Å². The standard InChI is InChI=1S/C15H17FN4/c16-13-4-5-15(18-11-13)20-9-7-19(8-10-20)12-14-3-1-2-6-17-14/h1-6,11H,7-10,12H2. The van der Waals surface area contributed by atoms with Crippen LogP contribution >= 0.6 is 0 Å². The van der Waals surface area contributed by atoms with E-state index in [4.69, 9.17) is 0 Å². The number of anilines is 1. The molecular weight excluding hydrogens is 255 g/mol. The Hall–Kier alpha value is -2.01. The van der Waals surface area contributed by atoms with E-state index in [2.05, 4.69) is 19.8 Å². The molecule has 0 spiro atoms. The number of aromatic nitrogens is 2. The first-order valence-corrected chi connectivity index (χ1v) is 6.80. The third kappa shape index (κ3) is 3.11. The van der Waals surface area contributed by atoms with Crippen LogP contribution in [0.3, 0.4) is 0 Å². The lowest BCUT2D eigenvalue weighted by atomic mass is 10.2. The second kappa shape index (κ2) is 5.96. The molecule has 3 heterocycles. The lowest BCUT2D eigenvalue weighted by Crippen LogP contribution is -2.46. The van der Waals surface area contributed by atoms with E-state index in [0.717, 1.165) is 44.2 Å². The summed E-state index contributed by atoms with van der Waals surface area (Å²) in [6, 6.07) is 9.20. The maximum absolute atomic E-state index is 12.9. The van der Waals surface area contributed by atoms with Crippen LogP contribution in [-0.4, -0.2) is 41.0 Å². The van der Waals surface area contributed by atoms with Crippen molar-refractivity contribution in [1.29, 1.82) is 0 Å².